The Kier molecular flexibility index (Phi) is 6.36. The summed E-state index contributed by atoms with van der Waals surface area (Å²) in [6, 6.07) is 7.98. The van der Waals surface area contributed by atoms with Crippen LogP contribution in [0.3, 0.4) is 0 Å². The summed E-state index contributed by atoms with van der Waals surface area (Å²) >= 11 is 0. The predicted molar refractivity (Wildman–Crippen MR) is 75.3 cm³/mol. The number of nitrogens with one attached hydrogen (secondary N) is 1. The van der Waals surface area contributed by atoms with Crippen LogP contribution in [0.5, 0.6) is 5.75 Å². The quantitative estimate of drug-likeness (QED) is 0.770. The van der Waals surface area contributed by atoms with Crippen LogP contribution in [0.4, 0.5) is 0 Å². The number of esters is 1. The van der Waals surface area contributed by atoms with E-state index in [1.165, 1.54) is 0 Å². The lowest BCUT2D eigenvalue weighted by Crippen LogP contribution is -2.27. The zero-order chi connectivity index (χ0) is 14.3. The molecule has 0 aliphatic rings. The number of para-hydroxylation sites is 1. The lowest BCUT2D eigenvalue weighted by Gasteiger charge is -2.21. The number of hydrogen-bond acceptors (Lipinski definition) is 4. The second-order valence-electron chi connectivity index (χ2n) is 4.30. The van der Waals surface area contributed by atoms with Gasteiger partial charge in [0.1, 0.15) is 5.75 Å². The van der Waals surface area contributed by atoms with E-state index in [0.29, 0.717) is 6.61 Å². The fourth-order valence-corrected chi connectivity index (χ4v) is 1.95. The molecule has 0 radical (unpaired) electrons. The first-order valence-corrected chi connectivity index (χ1v) is 6.73. The van der Waals surface area contributed by atoms with Crippen molar-refractivity contribution in [3.05, 3.63) is 29.8 Å². The first kappa shape index (κ1) is 15.5. The van der Waals surface area contributed by atoms with Crippen molar-refractivity contribution >= 4 is 5.97 Å². The molecule has 1 rings (SSSR count). The van der Waals surface area contributed by atoms with E-state index in [-0.39, 0.29) is 12.0 Å². The van der Waals surface area contributed by atoms with Crippen LogP contribution in [-0.2, 0) is 9.53 Å². The molecule has 4 heteroatoms. The summed E-state index contributed by atoms with van der Waals surface area (Å²) in [7, 11) is 1.92. The highest BCUT2D eigenvalue weighted by molar-refractivity contribution is 5.74. The van der Waals surface area contributed by atoms with E-state index in [1.807, 2.05) is 31.3 Å². The molecular formula is C15H23NO3. The summed E-state index contributed by atoms with van der Waals surface area (Å²) in [5.41, 5.74) is 1.06. The van der Waals surface area contributed by atoms with Gasteiger partial charge in [-0.05, 0) is 33.4 Å². The smallest absolute Gasteiger partial charge is 0.347 e. The molecular weight excluding hydrogens is 242 g/mol. The maximum atomic E-state index is 11.6. The number of carbonyl (C=O) groups excluding carboxylic acids is 1. The minimum atomic E-state index is -0.601. The molecule has 0 aliphatic heterocycles. The summed E-state index contributed by atoms with van der Waals surface area (Å²) in [5, 5.41) is 3.24. The third-order valence-electron chi connectivity index (χ3n) is 2.97. The van der Waals surface area contributed by atoms with E-state index in [2.05, 4.69) is 12.2 Å². The molecule has 19 heavy (non-hydrogen) atoms. The zero-order valence-electron chi connectivity index (χ0n) is 12.1. The van der Waals surface area contributed by atoms with E-state index in [9.17, 15) is 4.79 Å². The number of ether oxygens (including phenoxy) is 2. The van der Waals surface area contributed by atoms with Gasteiger partial charge in [-0.2, -0.15) is 0 Å². The van der Waals surface area contributed by atoms with Crippen LogP contribution in [0.1, 0.15) is 38.8 Å². The van der Waals surface area contributed by atoms with Crippen molar-refractivity contribution in [1.29, 1.82) is 0 Å². The van der Waals surface area contributed by atoms with Crippen LogP contribution in [0.25, 0.3) is 0 Å². The van der Waals surface area contributed by atoms with Gasteiger partial charge in [0, 0.05) is 11.6 Å². The Morgan fingerprint density at radius 3 is 2.58 bits per heavy atom. The van der Waals surface area contributed by atoms with E-state index < -0.39 is 6.10 Å². The average molecular weight is 265 g/mol. The molecule has 0 amide bonds. The first-order chi connectivity index (χ1) is 9.13. The fraction of sp³-hybridized carbons (Fsp3) is 0.533. The summed E-state index contributed by atoms with van der Waals surface area (Å²) in [6.07, 6.45) is 0.348. The Balaban J connectivity index is 2.86. The topological polar surface area (TPSA) is 47.6 Å². The molecule has 0 spiro atoms. The van der Waals surface area contributed by atoms with E-state index in [1.54, 1.807) is 13.8 Å². The Bertz CT molecular complexity index is 402. The van der Waals surface area contributed by atoms with E-state index >= 15 is 0 Å². The second-order valence-corrected chi connectivity index (χ2v) is 4.30. The van der Waals surface area contributed by atoms with Crippen LogP contribution in [0.2, 0.25) is 0 Å². The van der Waals surface area contributed by atoms with Crippen molar-refractivity contribution in [2.75, 3.05) is 13.7 Å². The van der Waals surface area contributed by atoms with Gasteiger partial charge < -0.3 is 14.8 Å². The molecule has 2 unspecified atom stereocenters. The molecule has 2 atom stereocenters. The molecule has 106 valence electrons. The molecule has 0 bridgehead atoms. The second kappa shape index (κ2) is 7.79. The molecule has 0 saturated heterocycles. The highest BCUT2D eigenvalue weighted by atomic mass is 16.6. The molecule has 1 aromatic carbocycles. The highest BCUT2D eigenvalue weighted by Gasteiger charge is 2.19. The van der Waals surface area contributed by atoms with Crippen molar-refractivity contribution in [2.24, 2.45) is 0 Å². The van der Waals surface area contributed by atoms with Crippen molar-refractivity contribution in [3.8, 4) is 5.75 Å². The molecule has 0 saturated carbocycles. The van der Waals surface area contributed by atoms with Crippen LogP contribution >= 0.6 is 0 Å². The molecule has 1 N–H and O–H groups in total. The van der Waals surface area contributed by atoms with Crippen LogP contribution < -0.4 is 10.1 Å². The molecule has 0 aromatic heterocycles. The summed E-state index contributed by atoms with van der Waals surface area (Å²) in [4.78, 5) is 11.6. The van der Waals surface area contributed by atoms with Gasteiger partial charge >= 0.3 is 5.97 Å². The van der Waals surface area contributed by atoms with Gasteiger partial charge in [0.05, 0.1) is 6.61 Å². The van der Waals surface area contributed by atoms with Gasteiger partial charge in [0.25, 0.3) is 0 Å². The van der Waals surface area contributed by atoms with Crippen LogP contribution in [-0.4, -0.2) is 25.7 Å². The summed E-state index contributed by atoms with van der Waals surface area (Å²) < 4.78 is 10.7. The highest BCUT2D eigenvalue weighted by Crippen LogP contribution is 2.27. The zero-order valence-corrected chi connectivity index (χ0v) is 12.1. The Hall–Kier alpha value is -1.55. The standard InChI is InChI=1S/C15H23NO3/c1-5-13(16-4)12-9-7-8-10-14(12)19-11(3)15(17)18-6-2/h7-11,13,16H,5-6H2,1-4H3. The molecule has 0 fully saturated rings. The molecule has 0 aliphatic carbocycles. The summed E-state index contributed by atoms with van der Waals surface area (Å²) in [5.74, 6) is 0.388. The lowest BCUT2D eigenvalue weighted by molar-refractivity contribution is -0.150. The van der Waals surface area contributed by atoms with Crippen molar-refractivity contribution in [3.63, 3.8) is 0 Å². The summed E-state index contributed by atoms with van der Waals surface area (Å²) in [6.45, 7) is 5.96. The van der Waals surface area contributed by atoms with Crippen molar-refractivity contribution in [2.45, 2.75) is 39.3 Å². The van der Waals surface area contributed by atoms with Crippen molar-refractivity contribution < 1.29 is 14.3 Å². The molecule has 4 nitrogen and oxygen atoms in total. The first-order valence-electron chi connectivity index (χ1n) is 6.73. The SMILES string of the molecule is CCOC(=O)C(C)Oc1ccccc1C(CC)NC. The van der Waals surface area contributed by atoms with Gasteiger partial charge in [-0.3, -0.25) is 0 Å². The average Bonchev–Trinajstić information content (AvgIpc) is 2.42. The number of carbonyl (C=O) groups is 1. The Morgan fingerprint density at radius 1 is 1.32 bits per heavy atom. The number of rotatable bonds is 7. The van der Waals surface area contributed by atoms with Gasteiger partial charge in [0.15, 0.2) is 6.10 Å². The third kappa shape index (κ3) is 4.24. The normalized spacial score (nSPS) is 13.7. The molecule has 0 heterocycles. The van der Waals surface area contributed by atoms with Gasteiger partial charge in [-0.1, -0.05) is 25.1 Å². The lowest BCUT2D eigenvalue weighted by atomic mass is 10.0. The maximum absolute atomic E-state index is 11.6. The number of benzene rings is 1. The maximum Gasteiger partial charge on any atom is 0.347 e. The van der Waals surface area contributed by atoms with Crippen LogP contribution in [0.15, 0.2) is 24.3 Å². The van der Waals surface area contributed by atoms with Gasteiger partial charge in [-0.25, -0.2) is 4.79 Å². The minimum absolute atomic E-state index is 0.214. The largest absolute Gasteiger partial charge is 0.479 e. The van der Waals surface area contributed by atoms with Gasteiger partial charge in [-0.15, -0.1) is 0 Å². The number of hydrogen-bond donors (Lipinski definition) is 1. The minimum Gasteiger partial charge on any atom is -0.479 e. The van der Waals surface area contributed by atoms with E-state index in [4.69, 9.17) is 9.47 Å². The predicted octanol–water partition coefficient (Wildman–Crippen LogP) is 2.69. The Labute approximate surface area is 115 Å². The van der Waals surface area contributed by atoms with Crippen LogP contribution in [0, 0.1) is 0 Å². The fourth-order valence-electron chi connectivity index (χ4n) is 1.95. The van der Waals surface area contributed by atoms with Crippen molar-refractivity contribution in [1.82, 2.24) is 5.32 Å². The molecule has 1 aromatic rings. The van der Waals surface area contributed by atoms with E-state index in [0.717, 1.165) is 17.7 Å². The van der Waals surface area contributed by atoms with Gasteiger partial charge in [0.2, 0.25) is 0 Å². The third-order valence-corrected chi connectivity index (χ3v) is 2.97. The monoisotopic (exact) mass is 265 g/mol. The Morgan fingerprint density at radius 2 is 2.00 bits per heavy atom.